The molecule has 2 rings (SSSR count). The second-order valence-corrected chi connectivity index (χ2v) is 5.48. The molecule has 2 aromatic rings. The highest BCUT2D eigenvalue weighted by Gasteiger charge is 2.12. The van der Waals surface area contributed by atoms with Crippen LogP contribution in [0, 0.1) is 6.92 Å². The Bertz CT molecular complexity index is 526. The van der Waals surface area contributed by atoms with Crippen molar-refractivity contribution in [3.63, 3.8) is 0 Å². The molecular formula is C12H18N6S. The monoisotopic (exact) mass is 278 g/mol. The quantitative estimate of drug-likeness (QED) is 0.459. The van der Waals surface area contributed by atoms with Crippen molar-refractivity contribution in [2.45, 2.75) is 24.3 Å². The van der Waals surface area contributed by atoms with Crippen molar-refractivity contribution in [2.75, 3.05) is 5.75 Å². The SMILES string of the molecule is Cc1cccc(SCC(Cc2nnn(C)n2)NN)c1. The number of aryl methyl sites for hydroxylation is 2. The van der Waals surface area contributed by atoms with E-state index in [-0.39, 0.29) is 6.04 Å². The highest BCUT2D eigenvalue weighted by atomic mass is 32.2. The molecule has 0 saturated carbocycles. The van der Waals surface area contributed by atoms with E-state index in [1.165, 1.54) is 15.3 Å². The number of nitrogens with zero attached hydrogens (tertiary/aromatic N) is 4. The van der Waals surface area contributed by atoms with Crippen LogP contribution in [0.4, 0.5) is 0 Å². The minimum Gasteiger partial charge on any atom is -0.271 e. The molecular weight excluding hydrogens is 260 g/mol. The fraction of sp³-hybridized carbons (Fsp3) is 0.417. The van der Waals surface area contributed by atoms with Crippen molar-refractivity contribution in [1.29, 1.82) is 0 Å². The van der Waals surface area contributed by atoms with E-state index in [4.69, 9.17) is 5.84 Å². The number of nitrogens with one attached hydrogen (secondary N) is 1. The maximum atomic E-state index is 5.58. The van der Waals surface area contributed by atoms with E-state index in [0.29, 0.717) is 12.2 Å². The fourth-order valence-electron chi connectivity index (χ4n) is 1.69. The van der Waals surface area contributed by atoms with Crippen LogP contribution in [-0.4, -0.2) is 32.0 Å². The summed E-state index contributed by atoms with van der Waals surface area (Å²) in [4.78, 5) is 2.70. The van der Waals surface area contributed by atoms with Crippen LogP contribution in [0.25, 0.3) is 0 Å². The molecule has 0 bridgehead atoms. The molecule has 19 heavy (non-hydrogen) atoms. The highest BCUT2D eigenvalue weighted by molar-refractivity contribution is 7.99. The molecule has 1 aromatic heterocycles. The summed E-state index contributed by atoms with van der Waals surface area (Å²) in [6.07, 6.45) is 0.670. The van der Waals surface area contributed by atoms with Crippen LogP contribution in [0.15, 0.2) is 29.2 Å². The summed E-state index contributed by atoms with van der Waals surface area (Å²) >= 11 is 1.77. The lowest BCUT2D eigenvalue weighted by atomic mass is 10.2. The van der Waals surface area contributed by atoms with Crippen molar-refractivity contribution >= 4 is 11.8 Å². The smallest absolute Gasteiger partial charge is 0.176 e. The summed E-state index contributed by atoms with van der Waals surface area (Å²) in [7, 11) is 1.75. The summed E-state index contributed by atoms with van der Waals surface area (Å²) < 4.78 is 0. The van der Waals surface area contributed by atoms with Crippen LogP contribution in [0.2, 0.25) is 0 Å². The Hall–Kier alpha value is -1.44. The average Bonchev–Trinajstić information content (AvgIpc) is 2.80. The molecule has 0 amide bonds. The second-order valence-electron chi connectivity index (χ2n) is 4.39. The van der Waals surface area contributed by atoms with Crippen molar-refractivity contribution in [3.05, 3.63) is 35.7 Å². The maximum Gasteiger partial charge on any atom is 0.176 e. The van der Waals surface area contributed by atoms with Gasteiger partial charge in [0.05, 0.1) is 7.05 Å². The first kappa shape index (κ1) is 14.0. The summed E-state index contributed by atoms with van der Waals surface area (Å²) in [6, 6.07) is 8.54. The standard InChI is InChI=1S/C12H18N6S/c1-9-4-3-5-11(6-9)19-8-10(14-13)7-12-15-17-18(2)16-12/h3-6,10,14H,7-8,13H2,1-2H3. The van der Waals surface area contributed by atoms with Crippen LogP contribution < -0.4 is 11.3 Å². The van der Waals surface area contributed by atoms with Gasteiger partial charge in [0.2, 0.25) is 0 Å². The Balaban J connectivity index is 1.89. The second kappa shape index (κ2) is 6.65. The van der Waals surface area contributed by atoms with Crippen LogP contribution in [0.3, 0.4) is 0 Å². The van der Waals surface area contributed by atoms with Crippen LogP contribution >= 0.6 is 11.8 Å². The molecule has 0 fully saturated rings. The summed E-state index contributed by atoms with van der Waals surface area (Å²) in [5.74, 6) is 7.14. The molecule has 1 unspecified atom stereocenters. The molecule has 1 aromatic carbocycles. The van der Waals surface area contributed by atoms with Crippen LogP contribution in [0.1, 0.15) is 11.4 Å². The minimum absolute atomic E-state index is 0.120. The van der Waals surface area contributed by atoms with E-state index in [1.54, 1.807) is 18.8 Å². The van der Waals surface area contributed by atoms with E-state index in [1.807, 2.05) is 0 Å². The predicted octanol–water partition coefficient (Wildman–Crippen LogP) is 0.685. The molecule has 0 aliphatic rings. The Morgan fingerprint density at radius 1 is 1.47 bits per heavy atom. The van der Waals surface area contributed by atoms with Crippen molar-refractivity contribution in [3.8, 4) is 0 Å². The Morgan fingerprint density at radius 2 is 2.32 bits per heavy atom. The van der Waals surface area contributed by atoms with E-state index < -0.39 is 0 Å². The highest BCUT2D eigenvalue weighted by Crippen LogP contribution is 2.20. The van der Waals surface area contributed by atoms with Gasteiger partial charge in [-0.2, -0.15) is 4.80 Å². The van der Waals surface area contributed by atoms with E-state index >= 15 is 0 Å². The minimum atomic E-state index is 0.120. The van der Waals surface area contributed by atoms with Gasteiger partial charge in [-0.05, 0) is 24.3 Å². The Labute approximate surface area is 116 Å². The number of thioether (sulfide) groups is 1. The van der Waals surface area contributed by atoms with Crippen LogP contribution in [0.5, 0.6) is 0 Å². The molecule has 0 radical (unpaired) electrons. The number of tetrazole rings is 1. The third-order valence-corrected chi connectivity index (χ3v) is 3.81. The number of hydrogen-bond acceptors (Lipinski definition) is 6. The number of nitrogens with two attached hydrogens (primary N) is 1. The van der Waals surface area contributed by atoms with E-state index in [2.05, 4.69) is 52.0 Å². The molecule has 7 heteroatoms. The third-order valence-electron chi connectivity index (χ3n) is 2.66. The number of aromatic nitrogens is 4. The maximum absolute atomic E-state index is 5.58. The van der Waals surface area contributed by atoms with Gasteiger partial charge in [-0.3, -0.25) is 11.3 Å². The topological polar surface area (TPSA) is 81.7 Å². The normalized spacial score (nSPS) is 12.6. The largest absolute Gasteiger partial charge is 0.271 e. The lowest BCUT2D eigenvalue weighted by Gasteiger charge is -2.13. The molecule has 1 atom stereocenters. The van der Waals surface area contributed by atoms with Gasteiger partial charge in [0, 0.05) is 23.1 Å². The van der Waals surface area contributed by atoms with E-state index in [0.717, 1.165) is 5.75 Å². The summed E-state index contributed by atoms with van der Waals surface area (Å²) in [5, 5.41) is 11.9. The van der Waals surface area contributed by atoms with Gasteiger partial charge in [0.15, 0.2) is 5.82 Å². The zero-order chi connectivity index (χ0) is 13.7. The molecule has 0 aliphatic carbocycles. The Kier molecular flexibility index (Phi) is 4.89. The van der Waals surface area contributed by atoms with Gasteiger partial charge >= 0.3 is 0 Å². The van der Waals surface area contributed by atoms with Gasteiger partial charge < -0.3 is 0 Å². The van der Waals surface area contributed by atoms with E-state index in [9.17, 15) is 0 Å². The Morgan fingerprint density at radius 3 is 2.95 bits per heavy atom. The number of hydrazine groups is 1. The van der Waals surface area contributed by atoms with Gasteiger partial charge in [-0.15, -0.1) is 22.0 Å². The van der Waals surface area contributed by atoms with Gasteiger partial charge in [-0.25, -0.2) is 0 Å². The van der Waals surface area contributed by atoms with Gasteiger partial charge in [-0.1, -0.05) is 17.7 Å². The zero-order valence-corrected chi connectivity index (χ0v) is 11.9. The molecule has 0 saturated heterocycles. The van der Waals surface area contributed by atoms with Crippen LogP contribution in [-0.2, 0) is 13.5 Å². The molecule has 6 nitrogen and oxygen atoms in total. The first-order valence-electron chi connectivity index (χ1n) is 6.06. The molecule has 0 spiro atoms. The first-order valence-corrected chi connectivity index (χ1v) is 7.04. The fourth-order valence-corrected chi connectivity index (χ4v) is 2.75. The zero-order valence-electron chi connectivity index (χ0n) is 11.1. The summed E-state index contributed by atoms with van der Waals surface area (Å²) in [5.41, 5.74) is 4.07. The lowest BCUT2D eigenvalue weighted by Crippen LogP contribution is -2.39. The lowest BCUT2D eigenvalue weighted by molar-refractivity contribution is 0.558. The number of hydrogen-bond donors (Lipinski definition) is 2. The van der Waals surface area contributed by atoms with Crippen molar-refractivity contribution in [1.82, 2.24) is 25.6 Å². The number of rotatable bonds is 6. The van der Waals surface area contributed by atoms with Gasteiger partial charge in [0.25, 0.3) is 0 Å². The molecule has 1 heterocycles. The van der Waals surface area contributed by atoms with Crippen molar-refractivity contribution < 1.29 is 0 Å². The molecule has 3 N–H and O–H groups in total. The summed E-state index contributed by atoms with van der Waals surface area (Å²) in [6.45, 7) is 2.09. The number of benzene rings is 1. The average molecular weight is 278 g/mol. The molecule has 0 aliphatic heterocycles. The molecule has 102 valence electrons. The van der Waals surface area contributed by atoms with Gasteiger partial charge in [0.1, 0.15) is 0 Å². The predicted molar refractivity (Wildman–Crippen MR) is 75.5 cm³/mol. The first-order chi connectivity index (χ1) is 9.17. The third kappa shape index (κ3) is 4.30. The van der Waals surface area contributed by atoms with Crippen molar-refractivity contribution in [2.24, 2.45) is 12.9 Å².